The topological polar surface area (TPSA) is 87.6 Å². The Kier molecular flexibility index (Phi) is 4.82. The second kappa shape index (κ2) is 6.79. The molecule has 0 spiro atoms. The van der Waals surface area contributed by atoms with E-state index in [0.29, 0.717) is 29.2 Å². The summed E-state index contributed by atoms with van der Waals surface area (Å²) in [6.07, 6.45) is 1.36. The first-order valence-electron chi connectivity index (χ1n) is 7.12. The molecule has 0 aliphatic heterocycles. The van der Waals surface area contributed by atoms with Crippen molar-refractivity contribution in [1.82, 2.24) is 4.68 Å². The van der Waals surface area contributed by atoms with Crippen LogP contribution in [-0.2, 0) is 0 Å². The van der Waals surface area contributed by atoms with Crippen molar-refractivity contribution in [3.05, 3.63) is 57.0 Å². The quantitative estimate of drug-likeness (QED) is 0.878. The fraction of sp³-hybridized carbons (Fsp3) is 0.235. The third-order valence-electron chi connectivity index (χ3n) is 3.31. The zero-order valence-electron chi connectivity index (χ0n) is 13.2. The van der Waals surface area contributed by atoms with Gasteiger partial charge < -0.3 is 9.84 Å². The van der Waals surface area contributed by atoms with E-state index in [0.717, 1.165) is 4.68 Å². The number of hydrogen-bond acceptors (Lipinski definition) is 5. The van der Waals surface area contributed by atoms with Gasteiger partial charge in [-0.1, -0.05) is 6.07 Å². The minimum atomic E-state index is -0.485. The Labute approximate surface area is 133 Å². The minimum Gasteiger partial charge on any atom is -0.504 e. The summed E-state index contributed by atoms with van der Waals surface area (Å²) < 4.78 is 6.44. The highest BCUT2D eigenvalue weighted by Gasteiger charge is 2.10. The van der Waals surface area contributed by atoms with Gasteiger partial charge in [-0.05, 0) is 44.5 Å². The van der Waals surface area contributed by atoms with Crippen LogP contribution in [0.4, 0.5) is 0 Å². The van der Waals surface area contributed by atoms with E-state index < -0.39 is 5.56 Å². The van der Waals surface area contributed by atoms with Gasteiger partial charge in [0.25, 0.3) is 5.56 Å². The van der Waals surface area contributed by atoms with Crippen LogP contribution >= 0.6 is 0 Å². The highest BCUT2D eigenvalue weighted by Crippen LogP contribution is 2.28. The standard InChI is InChI=1S/C17H17N3O3/c1-4-23-15-7-5-6-13(16(15)21)10-19-20-12(3)8-11(2)14(9-18)17(20)22/h5-8,10,21H,4H2,1-3H3/b19-10-. The molecule has 0 amide bonds. The van der Waals surface area contributed by atoms with Gasteiger partial charge in [-0.3, -0.25) is 4.79 Å². The normalized spacial score (nSPS) is 10.7. The molecule has 1 aromatic heterocycles. The molecule has 6 nitrogen and oxygen atoms in total. The molecule has 2 aromatic rings. The number of hydrogen-bond donors (Lipinski definition) is 1. The fourth-order valence-corrected chi connectivity index (χ4v) is 2.20. The van der Waals surface area contributed by atoms with Crippen LogP contribution in [0.2, 0.25) is 0 Å². The molecule has 0 aliphatic rings. The lowest BCUT2D eigenvalue weighted by Gasteiger charge is -2.08. The van der Waals surface area contributed by atoms with Crippen LogP contribution in [0.25, 0.3) is 0 Å². The van der Waals surface area contributed by atoms with E-state index in [1.54, 1.807) is 38.1 Å². The molecule has 0 unspecified atom stereocenters. The Morgan fingerprint density at radius 2 is 2.17 bits per heavy atom. The molecular weight excluding hydrogens is 294 g/mol. The Hall–Kier alpha value is -3.07. The zero-order chi connectivity index (χ0) is 17.0. The van der Waals surface area contributed by atoms with Gasteiger partial charge >= 0.3 is 0 Å². The second-order valence-corrected chi connectivity index (χ2v) is 4.94. The molecule has 0 atom stereocenters. The fourth-order valence-electron chi connectivity index (χ4n) is 2.20. The molecule has 0 bridgehead atoms. The Morgan fingerprint density at radius 1 is 1.43 bits per heavy atom. The second-order valence-electron chi connectivity index (χ2n) is 4.94. The number of para-hydroxylation sites is 1. The molecule has 118 valence electrons. The third kappa shape index (κ3) is 3.24. The van der Waals surface area contributed by atoms with E-state index in [1.807, 2.05) is 13.0 Å². The first-order chi connectivity index (χ1) is 11.0. The number of aromatic hydroxyl groups is 1. The maximum atomic E-state index is 12.3. The van der Waals surface area contributed by atoms with Crippen LogP contribution in [0.15, 0.2) is 34.2 Å². The van der Waals surface area contributed by atoms with Gasteiger partial charge in [-0.15, -0.1) is 0 Å². The molecule has 0 fully saturated rings. The van der Waals surface area contributed by atoms with Gasteiger partial charge in [0, 0.05) is 11.3 Å². The largest absolute Gasteiger partial charge is 0.504 e. The molecule has 23 heavy (non-hydrogen) atoms. The molecule has 2 rings (SSSR count). The van der Waals surface area contributed by atoms with E-state index in [1.165, 1.54) is 6.21 Å². The van der Waals surface area contributed by atoms with Gasteiger partial charge in [-0.25, -0.2) is 4.68 Å². The number of rotatable bonds is 4. The summed E-state index contributed by atoms with van der Waals surface area (Å²) in [7, 11) is 0. The highest BCUT2D eigenvalue weighted by molar-refractivity contribution is 5.84. The molecule has 1 heterocycles. The monoisotopic (exact) mass is 311 g/mol. The SMILES string of the molecule is CCOc1cccc(/C=N\n2c(C)cc(C)c(C#N)c2=O)c1O. The van der Waals surface area contributed by atoms with Gasteiger partial charge in [0.15, 0.2) is 11.5 Å². The summed E-state index contributed by atoms with van der Waals surface area (Å²) in [4.78, 5) is 12.3. The van der Waals surface area contributed by atoms with Crippen molar-refractivity contribution in [1.29, 1.82) is 5.26 Å². The van der Waals surface area contributed by atoms with Gasteiger partial charge in [-0.2, -0.15) is 10.4 Å². The number of nitriles is 1. The van der Waals surface area contributed by atoms with Crippen molar-refractivity contribution in [3.63, 3.8) is 0 Å². The van der Waals surface area contributed by atoms with Gasteiger partial charge in [0.2, 0.25) is 0 Å². The van der Waals surface area contributed by atoms with Gasteiger partial charge in [0.05, 0.1) is 12.8 Å². The smallest absolute Gasteiger partial charge is 0.289 e. The first kappa shape index (κ1) is 16.3. The van der Waals surface area contributed by atoms with Crippen LogP contribution in [0.3, 0.4) is 0 Å². The van der Waals surface area contributed by atoms with Gasteiger partial charge in [0.1, 0.15) is 11.6 Å². The number of ether oxygens (including phenoxy) is 1. The van der Waals surface area contributed by atoms with Crippen molar-refractivity contribution in [2.24, 2.45) is 5.10 Å². The molecule has 0 saturated carbocycles. The van der Waals surface area contributed by atoms with E-state index in [2.05, 4.69) is 5.10 Å². The van der Waals surface area contributed by atoms with Crippen molar-refractivity contribution >= 4 is 6.21 Å². The van der Waals surface area contributed by atoms with E-state index in [9.17, 15) is 9.90 Å². The summed E-state index contributed by atoms with van der Waals surface area (Å²) >= 11 is 0. The summed E-state index contributed by atoms with van der Waals surface area (Å²) in [6.45, 7) is 5.68. The molecule has 0 radical (unpaired) electrons. The lowest BCUT2D eigenvalue weighted by atomic mass is 10.1. The van der Waals surface area contributed by atoms with E-state index in [-0.39, 0.29) is 11.3 Å². The van der Waals surface area contributed by atoms with Crippen molar-refractivity contribution in [3.8, 4) is 17.6 Å². The lowest BCUT2D eigenvalue weighted by molar-refractivity contribution is 0.318. The molecule has 6 heteroatoms. The summed E-state index contributed by atoms with van der Waals surface area (Å²) in [6, 6.07) is 8.63. The average Bonchev–Trinajstić information content (AvgIpc) is 2.50. The highest BCUT2D eigenvalue weighted by atomic mass is 16.5. The van der Waals surface area contributed by atoms with Crippen LogP contribution in [0, 0.1) is 25.2 Å². The van der Waals surface area contributed by atoms with E-state index in [4.69, 9.17) is 10.00 Å². The number of aryl methyl sites for hydroxylation is 2. The molecular formula is C17H17N3O3. The third-order valence-corrected chi connectivity index (χ3v) is 3.31. The molecule has 0 saturated heterocycles. The molecule has 0 aliphatic carbocycles. The Morgan fingerprint density at radius 3 is 2.83 bits per heavy atom. The average molecular weight is 311 g/mol. The number of phenols is 1. The zero-order valence-corrected chi connectivity index (χ0v) is 13.2. The van der Waals surface area contributed by atoms with Crippen LogP contribution in [0.5, 0.6) is 11.5 Å². The Balaban J connectivity index is 2.49. The first-order valence-corrected chi connectivity index (χ1v) is 7.12. The number of pyridine rings is 1. The summed E-state index contributed by atoms with van der Waals surface area (Å²) in [5.41, 5.74) is 1.20. The van der Waals surface area contributed by atoms with Crippen LogP contribution in [0.1, 0.15) is 29.3 Å². The molecule has 1 aromatic carbocycles. The van der Waals surface area contributed by atoms with Crippen molar-refractivity contribution in [2.45, 2.75) is 20.8 Å². The molecule has 1 N–H and O–H groups in total. The summed E-state index contributed by atoms with van der Waals surface area (Å²) in [5, 5.41) is 23.3. The lowest BCUT2D eigenvalue weighted by Crippen LogP contribution is -2.22. The van der Waals surface area contributed by atoms with Crippen molar-refractivity contribution in [2.75, 3.05) is 6.61 Å². The van der Waals surface area contributed by atoms with Crippen molar-refractivity contribution < 1.29 is 9.84 Å². The maximum Gasteiger partial charge on any atom is 0.289 e. The number of aromatic nitrogens is 1. The predicted octanol–water partition coefficient (Wildman–Crippen LogP) is 2.32. The Bertz CT molecular complexity index is 861. The van der Waals surface area contributed by atoms with Crippen LogP contribution in [-0.4, -0.2) is 22.6 Å². The van der Waals surface area contributed by atoms with Crippen LogP contribution < -0.4 is 10.3 Å². The van der Waals surface area contributed by atoms with E-state index >= 15 is 0 Å². The predicted molar refractivity (Wildman–Crippen MR) is 87.2 cm³/mol. The number of phenolic OH excluding ortho intramolecular Hbond substituents is 1. The number of nitrogens with zero attached hydrogens (tertiary/aromatic N) is 3. The summed E-state index contributed by atoms with van der Waals surface area (Å²) in [5.74, 6) is 0.304. The minimum absolute atomic E-state index is 0.0450. The maximum absolute atomic E-state index is 12.3. The number of benzene rings is 1.